The van der Waals surface area contributed by atoms with Gasteiger partial charge in [0.05, 0.1) is 7.11 Å². The Hall–Kier alpha value is -6.33. The van der Waals surface area contributed by atoms with Crippen LogP contribution in [0.3, 0.4) is 0 Å². The van der Waals surface area contributed by atoms with Crippen LogP contribution in [0.2, 0.25) is 0 Å². The fourth-order valence-corrected chi connectivity index (χ4v) is 6.88. The molecular formula is C44H31N3O2. The van der Waals surface area contributed by atoms with Crippen LogP contribution in [0.4, 0.5) is 0 Å². The number of rotatable bonds is 6. The number of fused-ring (bicyclic) bond motifs is 4. The molecule has 0 saturated carbocycles. The Bertz CT molecular complexity index is 2600. The number of hydrogen-bond acceptors (Lipinski definition) is 5. The van der Waals surface area contributed by atoms with Crippen LogP contribution in [0, 0.1) is 0 Å². The Labute approximate surface area is 283 Å². The van der Waals surface area contributed by atoms with Gasteiger partial charge in [-0.2, -0.15) is 0 Å². The number of ether oxygens (including phenoxy) is 1. The van der Waals surface area contributed by atoms with Gasteiger partial charge in [0.15, 0.2) is 17.5 Å². The molecule has 0 N–H and O–H groups in total. The first-order chi connectivity index (χ1) is 24.2. The molecule has 0 fully saturated rings. The van der Waals surface area contributed by atoms with E-state index in [0.717, 1.165) is 79.3 Å². The number of allylic oxidation sites excluding steroid dienone is 4. The summed E-state index contributed by atoms with van der Waals surface area (Å²) in [7, 11) is 1.72. The number of hydrogen-bond donors (Lipinski definition) is 0. The maximum absolute atomic E-state index is 6.39. The smallest absolute Gasteiger partial charge is 0.164 e. The van der Waals surface area contributed by atoms with Crippen molar-refractivity contribution < 1.29 is 9.15 Å². The van der Waals surface area contributed by atoms with E-state index in [9.17, 15) is 0 Å². The van der Waals surface area contributed by atoms with E-state index in [1.807, 2.05) is 30.3 Å². The molecule has 9 rings (SSSR count). The zero-order valence-corrected chi connectivity index (χ0v) is 26.9. The Morgan fingerprint density at radius 1 is 0.510 bits per heavy atom. The monoisotopic (exact) mass is 633 g/mol. The van der Waals surface area contributed by atoms with E-state index in [4.69, 9.17) is 24.1 Å². The largest absolute Gasteiger partial charge is 0.496 e. The van der Waals surface area contributed by atoms with Crippen LogP contribution in [0.1, 0.15) is 24.2 Å². The summed E-state index contributed by atoms with van der Waals surface area (Å²) in [6.07, 6.45) is 5.96. The van der Waals surface area contributed by atoms with Gasteiger partial charge >= 0.3 is 0 Å². The first-order valence-corrected chi connectivity index (χ1v) is 16.5. The zero-order valence-electron chi connectivity index (χ0n) is 26.9. The maximum Gasteiger partial charge on any atom is 0.164 e. The Kier molecular flexibility index (Phi) is 7.09. The van der Waals surface area contributed by atoms with Gasteiger partial charge in [0.2, 0.25) is 0 Å². The molecule has 0 amide bonds. The molecule has 0 atom stereocenters. The van der Waals surface area contributed by atoms with E-state index in [-0.39, 0.29) is 0 Å². The third-order valence-electron chi connectivity index (χ3n) is 9.38. The molecule has 0 unspecified atom stereocenters. The van der Waals surface area contributed by atoms with Crippen LogP contribution in [-0.4, -0.2) is 22.1 Å². The lowest BCUT2D eigenvalue weighted by Crippen LogP contribution is -2.05. The standard InChI is InChI=1S/C44H31N3O2/c1-48-38-16-8-7-14-35(38)30-19-21-31(22-20-30)42-45-43(34-23-18-29-12-5-6-13-32(29)26-34)47-44(46-42)36-15-9-17-40-41(36)37-27-33(24-25-39(37)49-40)28-10-3-2-4-11-28/h2-19,21,23-27H,20,22H2,1H3. The van der Waals surface area contributed by atoms with Crippen LogP contribution in [0.25, 0.3) is 77.8 Å². The number of benzene rings is 6. The average Bonchev–Trinajstić information content (AvgIpc) is 3.56. The van der Waals surface area contributed by atoms with Crippen LogP contribution < -0.4 is 4.74 Å². The quantitative estimate of drug-likeness (QED) is 0.182. The van der Waals surface area contributed by atoms with E-state index < -0.39 is 0 Å². The van der Waals surface area contributed by atoms with Crippen molar-refractivity contribution in [3.05, 3.63) is 157 Å². The molecule has 0 spiro atoms. The van der Waals surface area contributed by atoms with Gasteiger partial charge in [0, 0.05) is 27.5 Å². The molecule has 0 aliphatic heterocycles. The van der Waals surface area contributed by atoms with Gasteiger partial charge in [-0.1, -0.05) is 115 Å². The molecule has 5 heteroatoms. The van der Waals surface area contributed by atoms with E-state index >= 15 is 0 Å². The zero-order chi connectivity index (χ0) is 32.7. The highest BCUT2D eigenvalue weighted by atomic mass is 16.5. The van der Waals surface area contributed by atoms with E-state index in [1.54, 1.807) is 7.11 Å². The highest BCUT2D eigenvalue weighted by Crippen LogP contribution is 2.39. The highest BCUT2D eigenvalue weighted by molar-refractivity contribution is 6.12. The van der Waals surface area contributed by atoms with Crippen molar-refractivity contribution in [1.82, 2.24) is 15.0 Å². The molecule has 2 aromatic heterocycles. The summed E-state index contributed by atoms with van der Waals surface area (Å²) in [4.78, 5) is 15.4. The normalized spacial score (nSPS) is 13.1. The summed E-state index contributed by atoms with van der Waals surface area (Å²) in [5.41, 5.74) is 9.18. The summed E-state index contributed by atoms with van der Waals surface area (Å²) < 4.78 is 12.0. The van der Waals surface area contributed by atoms with Crippen LogP contribution in [0.15, 0.2) is 150 Å². The average molecular weight is 634 g/mol. The van der Waals surface area contributed by atoms with Crippen molar-refractivity contribution in [3.63, 3.8) is 0 Å². The fraction of sp³-hybridized carbons (Fsp3) is 0.0682. The van der Waals surface area contributed by atoms with Gasteiger partial charge in [0.25, 0.3) is 0 Å². The molecule has 8 aromatic rings. The molecule has 5 nitrogen and oxygen atoms in total. The van der Waals surface area contributed by atoms with Gasteiger partial charge in [-0.3, -0.25) is 0 Å². The molecule has 1 aliphatic rings. The summed E-state index contributed by atoms with van der Waals surface area (Å²) >= 11 is 0. The lowest BCUT2D eigenvalue weighted by Gasteiger charge is -2.17. The number of aromatic nitrogens is 3. The van der Waals surface area contributed by atoms with Crippen LogP contribution >= 0.6 is 0 Å². The molecule has 0 bridgehead atoms. The molecule has 0 radical (unpaired) electrons. The van der Waals surface area contributed by atoms with Gasteiger partial charge < -0.3 is 9.15 Å². The number of methoxy groups -OCH3 is 1. The lowest BCUT2D eigenvalue weighted by atomic mass is 9.92. The van der Waals surface area contributed by atoms with Gasteiger partial charge in [-0.15, -0.1) is 0 Å². The molecule has 49 heavy (non-hydrogen) atoms. The lowest BCUT2D eigenvalue weighted by molar-refractivity contribution is 0.413. The molecule has 2 heterocycles. The molecule has 0 saturated heterocycles. The first-order valence-electron chi connectivity index (χ1n) is 16.5. The summed E-state index contributed by atoms with van der Waals surface area (Å²) in [5, 5.41) is 4.34. The highest BCUT2D eigenvalue weighted by Gasteiger charge is 2.21. The van der Waals surface area contributed by atoms with Crippen LogP contribution in [-0.2, 0) is 0 Å². The van der Waals surface area contributed by atoms with Crippen molar-refractivity contribution in [3.8, 4) is 39.7 Å². The first kappa shape index (κ1) is 28.9. The molecule has 1 aliphatic carbocycles. The minimum absolute atomic E-state index is 0.618. The summed E-state index contributed by atoms with van der Waals surface area (Å²) in [5.74, 6) is 2.81. The Balaban J connectivity index is 1.23. The minimum atomic E-state index is 0.618. The van der Waals surface area contributed by atoms with E-state index in [2.05, 4.69) is 115 Å². The number of para-hydroxylation sites is 1. The van der Waals surface area contributed by atoms with Gasteiger partial charge in [0.1, 0.15) is 16.9 Å². The van der Waals surface area contributed by atoms with Gasteiger partial charge in [-0.05, 0) is 76.2 Å². The minimum Gasteiger partial charge on any atom is -0.496 e. The maximum atomic E-state index is 6.39. The fourth-order valence-electron chi connectivity index (χ4n) is 6.88. The number of furan rings is 1. The van der Waals surface area contributed by atoms with Crippen LogP contribution in [0.5, 0.6) is 5.75 Å². The molecule has 234 valence electrons. The third-order valence-corrected chi connectivity index (χ3v) is 9.38. The Morgan fingerprint density at radius 3 is 2.08 bits per heavy atom. The number of nitrogens with zero attached hydrogens (tertiary/aromatic N) is 3. The van der Waals surface area contributed by atoms with Crippen molar-refractivity contribution in [2.75, 3.05) is 7.11 Å². The van der Waals surface area contributed by atoms with Crippen molar-refractivity contribution >= 4 is 43.9 Å². The topological polar surface area (TPSA) is 61.0 Å². The van der Waals surface area contributed by atoms with E-state index in [1.165, 1.54) is 11.0 Å². The van der Waals surface area contributed by atoms with Crippen molar-refractivity contribution in [2.24, 2.45) is 0 Å². The van der Waals surface area contributed by atoms with Gasteiger partial charge in [-0.25, -0.2) is 15.0 Å². The second kappa shape index (κ2) is 12.0. The summed E-state index contributed by atoms with van der Waals surface area (Å²) in [6.45, 7) is 0. The SMILES string of the molecule is COc1ccccc1C1=CC=C(c2nc(-c3ccc4ccccc4c3)nc(-c3cccc4oc5ccc(-c6ccccc6)cc5c34)n2)CC1. The predicted octanol–water partition coefficient (Wildman–Crippen LogP) is 11.2. The van der Waals surface area contributed by atoms with Crippen molar-refractivity contribution in [1.29, 1.82) is 0 Å². The molecular weight excluding hydrogens is 603 g/mol. The van der Waals surface area contributed by atoms with E-state index in [0.29, 0.717) is 17.5 Å². The summed E-state index contributed by atoms with van der Waals surface area (Å²) in [6, 6.07) is 45.8. The second-order valence-electron chi connectivity index (χ2n) is 12.3. The van der Waals surface area contributed by atoms with Crippen molar-refractivity contribution in [2.45, 2.75) is 12.8 Å². The Morgan fingerprint density at radius 2 is 1.22 bits per heavy atom. The third kappa shape index (κ3) is 5.26. The molecule has 6 aromatic carbocycles. The second-order valence-corrected chi connectivity index (χ2v) is 12.3. The predicted molar refractivity (Wildman–Crippen MR) is 199 cm³/mol.